The van der Waals surface area contributed by atoms with Gasteiger partial charge in [0.25, 0.3) is 0 Å². The number of rotatable bonds is 1. The SMILES string of the molecule is C[C@H]1NC(=O)N(C)[C@H]2NC(=O)N(C)[C@@H](c3ccco3)[C@@H]12. The molecule has 7 heteroatoms. The predicted octanol–water partition coefficient (Wildman–Crippen LogP) is 0.961. The molecule has 2 aliphatic heterocycles. The molecule has 2 saturated heterocycles. The van der Waals surface area contributed by atoms with Crippen LogP contribution < -0.4 is 10.6 Å². The number of urea groups is 2. The molecule has 0 unspecified atom stereocenters. The number of carbonyl (C=O) groups is 2. The summed E-state index contributed by atoms with van der Waals surface area (Å²) in [6.45, 7) is 1.95. The van der Waals surface area contributed by atoms with Crippen LogP contribution in [0, 0.1) is 5.92 Å². The predicted molar refractivity (Wildman–Crippen MR) is 70.8 cm³/mol. The molecule has 1 aromatic heterocycles. The van der Waals surface area contributed by atoms with E-state index in [-0.39, 0.29) is 36.2 Å². The number of fused-ring (bicyclic) bond motifs is 1. The van der Waals surface area contributed by atoms with Gasteiger partial charge in [-0.25, -0.2) is 9.59 Å². The molecule has 4 atom stereocenters. The highest BCUT2D eigenvalue weighted by Crippen LogP contribution is 2.38. The molecule has 20 heavy (non-hydrogen) atoms. The summed E-state index contributed by atoms with van der Waals surface area (Å²) in [5.41, 5.74) is 0. The van der Waals surface area contributed by atoms with Crippen LogP contribution in [0.5, 0.6) is 0 Å². The molecule has 4 amide bonds. The summed E-state index contributed by atoms with van der Waals surface area (Å²) in [6, 6.07) is 3.01. The molecule has 3 heterocycles. The Balaban J connectivity index is 2.02. The van der Waals surface area contributed by atoms with Crippen LogP contribution in [0.2, 0.25) is 0 Å². The summed E-state index contributed by atoms with van der Waals surface area (Å²) in [4.78, 5) is 27.2. The van der Waals surface area contributed by atoms with E-state index in [0.29, 0.717) is 0 Å². The van der Waals surface area contributed by atoms with Gasteiger partial charge in [0.05, 0.1) is 12.3 Å². The average Bonchev–Trinajstić information content (AvgIpc) is 2.92. The fraction of sp³-hybridized carbons (Fsp3) is 0.538. The van der Waals surface area contributed by atoms with Gasteiger partial charge in [0.1, 0.15) is 11.9 Å². The standard InChI is InChI=1S/C13H18N4O3/c1-7-9-10(8-5-4-6-20-8)16(2)13(19)15-11(9)17(3)12(18)14-7/h4-7,9-11H,1-3H3,(H,14,18)(H,15,19)/t7-,9-,10+,11-/m1/s1. The molecule has 7 nitrogen and oxygen atoms in total. The zero-order chi connectivity index (χ0) is 14.4. The van der Waals surface area contributed by atoms with Gasteiger partial charge < -0.3 is 24.9 Å². The van der Waals surface area contributed by atoms with Crippen molar-refractivity contribution in [2.24, 2.45) is 5.92 Å². The van der Waals surface area contributed by atoms with Gasteiger partial charge in [-0.1, -0.05) is 0 Å². The number of amides is 4. The summed E-state index contributed by atoms with van der Waals surface area (Å²) < 4.78 is 5.50. The number of hydrogen-bond donors (Lipinski definition) is 2. The number of furan rings is 1. The molecule has 3 rings (SSSR count). The van der Waals surface area contributed by atoms with E-state index in [1.165, 1.54) is 4.90 Å². The highest BCUT2D eigenvalue weighted by Gasteiger charge is 2.50. The second kappa shape index (κ2) is 4.43. The molecular formula is C13H18N4O3. The van der Waals surface area contributed by atoms with Crippen LogP contribution in [0.1, 0.15) is 18.7 Å². The molecule has 2 fully saturated rings. The smallest absolute Gasteiger partial charge is 0.319 e. The molecule has 0 saturated carbocycles. The quantitative estimate of drug-likeness (QED) is 0.803. The van der Waals surface area contributed by atoms with Gasteiger partial charge in [0, 0.05) is 26.1 Å². The van der Waals surface area contributed by atoms with Gasteiger partial charge >= 0.3 is 12.1 Å². The van der Waals surface area contributed by atoms with Crippen molar-refractivity contribution >= 4 is 12.1 Å². The maximum absolute atomic E-state index is 12.1. The molecule has 108 valence electrons. The Labute approximate surface area is 116 Å². The lowest BCUT2D eigenvalue weighted by Gasteiger charge is -2.51. The van der Waals surface area contributed by atoms with Gasteiger partial charge in [-0.15, -0.1) is 0 Å². The lowest BCUT2D eigenvalue weighted by Crippen LogP contribution is -2.71. The van der Waals surface area contributed by atoms with Gasteiger partial charge in [-0.05, 0) is 19.1 Å². The fourth-order valence-corrected chi connectivity index (χ4v) is 3.14. The van der Waals surface area contributed by atoms with Crippen LogP contribution in [0.4, 0.5) is 9.59 Å². The molecule has 2 aliphatic rings. The van der Waals surface area contributed by atoms with E-state index in [4.69, 9.17) is 4.42 Å². The number of nitrogens with one attached hydrogen (secondary N) is 2. The molecule has 0 aromatic carbocycles. The molecule has 2 N–H and O–H groups in total. The summed E-state index contributed by atoms with van der Waals surface area (Å²) in [5, 5.41) is 5.80. The van der Waals surface area contributed by atoms with Crippen LogP contribution in [-0.4, -0.2) is 48.2 Å². The molecule has 0 spiro atoms. The Morgan fingerprint density at radius 1 is 1.15 bits per heavy atom. The zero-order valence-electron chi connectivity index (χ0n) is 11.7. The minimum atomic E-state index is -0.336. The van der Waals surface area contributed by atoms with Crippen LogP contribution in [0.15, 0.2) is 22.8 Å². The maximum atomic E-state index is 12.1. The summed E-state index contributed by atoms with van der Waals surface area (Å²) in [6.07, 6.45) is 1.26. The van der Waals surface area contributed by atoms with E-state index < -0.39 is 0 Å². The second-order valence-electron chi connectivity index (χ2n) is 5.39. The van der Waals surface area contributed by atoms with Crippen molar-refractivity contribution in [3.8, 4) is 0 Å². The third kappa shape index (κ3) is 1.73. The monoisotopic (exact) mass is 278 g/mol. The van der Waals surface area contributed by atoms with Crippen molar-refractivity contribution in [1.29, 1.82) is 0 Å². The molecule has 1 aromatic rings. The van der Waals surface area contributed by atoms with Crippen molar-refractivity contribution < 1.29 is 14.0 Å². The average molecular weight is 278 g/mol. The Morgan fingerprint density at radius 3 is 2.50 bits per heavy atom. The zero-order valence-corrected chi connectivity index (χ0v) is 11.7. The number of nitrogens with zero attached hydrogens (tertiary/aromatic N) is 2. The summed E-state index contributed by atoms with van der Waals surface area (Å²) in [7, 11) is 3.42. The minimum Gasteiger partial charge on any atom is -0.467 e. The Hall–Kier alpha value is -2.18. The van der Waals surface area contributed by atoms with Crippen LogP contribution in [0.25, 0.3) is 0 Å². The van der Waals surface area contributed by atoms with E-state index >= 15 is 0 Å². The molecule has 0 aliphatic carbocycles. The van der Waals surface area contributed by atoms with Gasteiger partial charge in [-0.3, -0.25) is 0 Å². The van der Waals surface area contributed by atoms with Gasteiger partial charge in [-0.2, -0.15) is 0 Å². The summed E-state index contributed by atoms with van der Waals surface area (Å²) in [5.74, 6) is 0.736. The van der Waals surface area contributed by atoms with Crippen LogP contribution in [-0.2, 0) is 0 Å². The number of hydrogen-bond acceptors (Lipinski definition) is 3. The lowest BCUT2D eigenvalue weighted by molar-refractivity contribution is 0.0175. The van der Waals surface area contributed by atoms with Crippen molar-refractivity contribution in [3.63, 3.8) is 0 Å². The maximum Gasteiger partial charge on any atom is 0.319 e. The topological polar surface area (TPSA) is 77.8 Å². The Kier molecular flexibility index (Phi) is 2.84. The Morgan fingerprint density at radius 2 is 1.85 bits per heavy atom. The van der Waals surface area contributed by atoms with Crippen molar-refractivity contribution in [3.05, 3.63) is 24.2 Å². The number of carbonyl (C=O) groups excluding carboxylic acids is 2. The lowest BCUT2D eigenvalue weighted by atomic mass is 9.83. The second-order valence-corrected chi connectivity index (χ2v) is 5.39. The van der Waals surface area contributed by atoms with Gasteiger partial charge in [0.2, 0.25) is 0 Å². The van der Waals surface area contributed by atoms with E-state index in [9.17, 15) is 9.59 Å². The highest BCUT2D eigenvalue weighted by atomic mass is 16.3. The first-order chi connectivity index (χ1) is 9.50. The van der Waals surface area contributed by atoms with E-state index in [0.717, 1.165) is 5.76 Å². The first-order valence-corrected chi connectivity index (χ1v) is 6.60. The normalized spacial score (nSPS) is 33.5. The van der Waals surface area contributed by atoms with Crippen molar-refractivity contribution in [1.82, 2.24) is 20.4 Å². The Bertz CT molecular complexity index is 530. The van der Waals surface area contributed by atoms with Crippen molar-refractivity contribution in [2.75, 3.05) is 14.1 Å². The fourth-order valence-electron chi connectivity index (χ4n) is 3.14. The first-order valence-electron chi connectivity index (χ1n) is 6.60. The van der Waals surface area contributed by atoms with E-state index in [2.05, 4.69) is 10.6 Å². The van der Waals surface area contributed by atoms with Crippen LogP contribution >= 0.6 is 0 Å². The largest absolute Gasteiger partial charge is 0.467 e. The molecular weight excluding hydrogens is 260 g/mol. The third-order valence-electron chi connectivity index (χ3n) is 4.24. The first kappa shape index (κ1) is 12.8. The molecule has 0 bridgehead atoms. The van der Waals surface area contributed by atoms with E-state index in [1.54, 1.807) is 31.3 Å². The third-order valence-corrected chi connectivity index (χ3v) is 4.24. The van der Waals surface area contributed by atoms with E-state index in [1.807, 2.05) is 13.0 Å². The van der Waals surface area contributed by atoms with Crippen LogP contribution in [0.3, 0.4) is 0 Å². The van der Waals surface area contributed by atoms with Crippen molar-refractivity contribution in [2.45, 2.75) is 25.2 Å². The van der Waals surface area contributed by atoms with Gasteiger partial charge in [0.15, 0.2) is 0 Å². The highest BCUT2D eigenvalue weighted by molar-refractivity contribution is 5.80. The molecule has 0 radical (unpaired) electrons. The minimum absolute atomic E-state index is 0.00606. The summed E-state index contributed by atoms with van der Waals surface area (Å²) >= 11 is 0.